The molecule has 3 rings (SSSR count). The van der Waals surface area contributed by atoms with Gasteiger partial charge in [0.2, 0.25) is 0 Å². The summed E-state index contributed by atoms with van der Waals surface area (Å²) in [5, 5.41) is 3.05. The number of rotatable bonds is 4. The fraction of sp³-hybridized carbons (Fsp3) is 0.176. The fourth-order valence-electron chi connectivity index (χ4n) is 2.50. The highest BCUT2D eigenvalue weighted by atomic mass is 35.5. The second-order valence-corrected chi connectivity index (χ2v) is 6.14. The van der Waals surface area contributed by atoms with Gasteiger partial charge in [0.25, 0.3) is 17.4 Å². The second-order valence-electron chi connectivity index (χ2n) is 5.73. The summed E-state index contributed by atoms with van der Waals surface area (Å²) in [6.07, 6.45) is 0. The molecule has 3 N–H and O–H groups in total. The number of carbonyl (C=O) groups is 2. The standard InChI is InChI=1S/C17H16ClN5O4/c1-9-7-10(14-15(19-9)23(2)22-17(14)26)16(25)21-20-13(24)8-27-12-6-4-3-5-11(12)18/h3-7H,8H2,1-2H3,(H,20,24)(H,21,25)(H,22,26). The van der Waals surface area contributed by atoms with Gasteiger partial charge in [0.1, 0.15) is 5.75 Å². The number of nitrogens with zero attached hydrogens (tertiary/aromatic N) is 2. The summed E-state index contributed by atoms with van der Waals surface area (Å²) in [6, 6.07) is 8.17. The number of ether oxygens (including phenoxy) is 1. The number of hydrogen-bond donors (Lipinski definition) is 3. The van der Waals surface area contributed by atoms with Gasteiger partial charge >= 0.3 is 0 Å². The van der Waals surface area contributed by atoms with E-state index in [-0.39, 0.29) is 17.6 Å². The molecule has 0 aliphatic carbocycles. The smallest absolute Gasteiger partial charge is 0.276 e. The molecular formula is C17H16ClN5O4. The van der Waals surface area contributed by atoms with Gasteiger partial charge in [-0.25, -0.2) is 4.98 Å². The lowest BCUT2D eigenvalue weighted by atomic mass is 10.1. The molecule has 27 heavy (non-hydrogen) atoms. The highest BCUT2D eigenvalue weighted by Gasteiger charge is 2.18. The Hall–Kier alpha value is -3.33. The molecule has 140 valence electrons. The van der Waals surface area contributed by atoms with Crippen molar-refractivity contribution < 1.29 is 14.3 Å². The lowest BCUT2D eigenvalue weighted by Gasteiger charge is -2.10. The molecule has 2 heterocycles. The van der Waals surface area contributed by atoms with Crippen LogP contribution in [0.3, 0.4) is 0 Å². The Bertz CT molecular complexity index is 1090. The van der Waals surface area contributed by atoms with Crippen LogP contribution in [0.25, 0.3) is 11.0 Å². The van der Waals surface area contributed by atoms with Crippen LogP contribution in [0, 0.1) is 6.92 Å². The third kappa shape index (κ3) is 3.93. The van der Waals surface area contributed by atoms with Crippen LogP contribution in [0.2, 0.25) is 5.02 Å². The van der Waals surface area contributed by atoms with Crippen molar-refractivity contribution in [1.82, 2.24) is 25.6 Å². The molecule has 1 aromatic carbocycles. The SMILES string of the molecule is Cc1cc(C(=O)NNC(=O)COc2ccccc2Cl)c2c(=O)[nH]n(C)c2n1. The van der Waals surface area contributed by atoms with Crippen molar-refractivity contribution in [1.29, 1.82) is 0 Å². The summed E-state index contributed by atoms with van der Waals surface area (Å²) in [4.78, 5) is 40.6. The highest BCUT2D eigenvalue weighted by molar-refractivity contribution is 6.32. The van der Waals surface area contributed by atoms with Crippen molar-refractivity contribution in [3.05, 3.63) is 57.0 Å². The van der Waals surface area contributed by atoms with Gasteiger partial charge in [-0.3, -0.25) is 35.0 Å². The zero-order valence-corrected chi connectivity index (χ0v) is 15.3. The maximum absolute atomic E-state index is 12.4. The third-order valence-electron chi connectivity index (χ3n) is 3.70. The van der Waals surface area contributed by atoms with Gasteiger partial charge in [-0.15, -0.1) is 0 Å². The summed E-state index contributed by atoms with van der Waals surface area (Å²) in [5.74, 6) is -0.886. The minimum Gasteiger partial charge on any atom is -0.482 e. The van der Waals surface area contributed by atoms with Crippen molar-refractivity contribution in [2.75, 3.05) is 6.61 Å². The first-order valence-electron chi connectivity index (χ1n) is 7.89. The second kappa shape index (κ2) is 7.50. The Morgan fingerprint density at radius 1 is 1.30 bits per heavy atom. The summed E-state index contributed by atoms with van der Waals surface area (Å²) in [5.41, 5.74) is 5.05. The van der Waals surface area contributed by atoms with Crippen LogP contribution >= 0.6 is 11.6 Å². The van der Waals surface area contributed by atoms with Crippen molar-refractivity contribution in [3.63, 3.8) is 0 Å². The van der Waals surface area contributed by atoms with Gasteiger partial charge in [-0.1, -0.05) is 23.7 Å². The summed E-state index contributed by atoms with van der Waals surface area (Å²) in [7, 11) is 1.62. The number of H-pyrrole nitrogens is 1. The first-order valence-corrected chi connectivity index (χ1v) is 8.27. The van der Waals surface area contributed by atoms with Crippen LogP contribution in [0.15, 0.2) is 35.1 Å². The summed E-state index contributed by atoms with van der Waals surface area (Å²) >= 11 is 5.94. The fourth-order valence-corrected chi connectivity index (χ4v) is 2.69. The van der Waals surface area contributed by atoms with E-state index in [0.29, 0.717) is 22.1 Å². The lowest BCUT2D eigenvalue weighted by Crippen LogP contribution is -2.44. The number of nitrogens with one attached hydrogen (secondary N) is 3. The van der Waals surface area contributed by atoms with Gasteiger partial charge in [0, 0.05) is 12.7 Å². The summed E-state index contributed by atoms with van der Waals surface area (Å²) in [6.45, 7) is 1.35. The van der Waals surface area contributed by atoms with Gasteiger partial charge in [0.15, 0.2) is 12.3 Å². The van der Waals surface area contributed by atoms with E-state index >= 15 is 0 Å². The first kappa shape index (κ1) is 18.5. The number of aromatic amines is 1. The Labute approximate surface area is 158 Å². The predicted molar refractivity (Wildman–Crippen MR) is 98.6 cm³/mol. The number of para-hydroxylation sites is 1. The van der Waals surface area contributed by atoms with E-state index in [9.17, 15) is 14.4 Å². The molecule has 0 saturated heterocycles. The number of carbonyl (C=O) groups excluding carboxylic acids is 2. The maximum Gasteiger partial charge on any atom is 0.276 e. The minimum atomic E-state index is -0.645. The Balaban J connectivity index is 1.68. The zero-order valence-electron chi connectivity index (χ0n) is 14.5. The molecule has 2 amide bonds. The van der Waals surface area contributed by atoms with Crippen molar-refractivity contribution in [2.24, 2.45) is 7.05 Å². The van der Waals surface area contributed by atoms with Crippen molar-refractivity contribution in [2.45, 2.75) is 6.92 Å². The molecule has 0 radical (unpaired) electrons. The van der Waals surface area contributed by atoms with E-state index in [1.165, 1.54) is 10.7 Å². The Kier molecular flexibility index (Phi) is 5.13. The molecule has 0 spiro atoms. The predicted octanol–water partition coefficient (Wildman–Crippen LogP) is 1.06. The van der Waals surface area contributed by atoms with E-state index in [0.717, 1.165) is 0 Å². The number of pyridine rings is 1. The normalized spacial score (nSPS) is 10.6. The molecule has 0 aliphatic heterocycles. The van der Waals surface area contributed by atoms with E-state index in [2.05, 4.69) is 20.9 Å². The zero-order chi connectivity index (χ0) is 19.6. The van der Waals surface area contributed by atoms with Gasteiger partial charge in [-0.2, -0.15) is 0 Å². The van der Waals surface area contributed by atoms with Crippen LogP contribution < -0.4 is 21.1 Å². The van der Waals surface area contributed by atoms with E-state index in [1.807, 2.05) is 0 Å². The molecule has 0 aliphatic rings. The molecule has 9 nitrogen and oxygen atoms in total. The van der Waals surface area contributed by atoms with E-state index in [4.69, 9.17) is 16.3 Å². The van der Waals surface area contributed by atoms with Crippen LogP contribution in [0.4, 0.5) is 0 Å². The highest BCUT2D eigenvalue weighted by Crippen LogP contribution is 2.22. The number of amides is 2. The number of hydrogen-bond acceptors (Lipinski definition) is 5. The minimum absolute atomic E-state index is 0.103. The molecule has 0 bridgehead atoms. The van der Waals surface area contributed by atoms with E-state index in [1.54, 1.807) is 38.2 Å². The third-order valence-corrected chi connectivity index (χ3v) is 4.01. The molecule has 10 heteroatoms. The number of aryl methyl sites for hydroxylation is 2. The van der Waals surface area contributed by atoms with Gasteiger partial charge in [-0.05, 0) is 25.1 Å². The topological polar surface area (TPSA) is 118 Å². The molecule has 0 fully saturated rings. The average Bonchev–Trinajstić information content (AvgIpc) is 2.92. The van der Waals surface area contributed by atoms with Gasteiger partial charge in [0.05, 0.1) is 16.0 Å². The number of fused-ring (bicyclic) bond motifs is 1. The van der Waals surface area contributed by atoms with E-state index < -0.39 is 17.4 Å². The van der Waals surface area contributed by atoms with Gasteiger partial charge < -0.3 is 4.74 Å². The quantitative estimate of drug-likeness (QED) is 0.577. The Morgan fingerprint density at radius 3 is 2.78 bits per heavy atom. The average molecular weight is 390 g/mol. The van der Waals surface area contributed by atoms with Crippen LogP contribution in [-0.2, 0) is 11.8 Å². The number of halogens is 1. The summed E-state index contributed by atoms with van der Waals surface area (Å²) < 4.78 is 6.71. The molecule has 0 atom stereocenters. The van der Waals surface area contributed by atoms with Crippen molar-refractivity contribution >= 4 is 34.4 Å². The first-order chi connectivity index (χ1) is 12.9. The monoisotopic (exact) mass is 389 g/mol. The van der Waals surface area contributed by atoms with Crippen LogP contribution in [0.1, 0.15) is 16.1 Å². The number of hydrazine groups is 1. The molecule has 0 saturated carbocycles. The molecular weight excluding hydrogens is 374 g/mol. The Morgan fingerprint density at radius 2 is 2.04 bits per heavy atom. The molecule has 3 aromatic rings. The van der Waals surface area contributed by atoms with Crippen molar-refractivity contribution in [3.8, 4) is 5.75 Å². The lowest BCUT2D eigenvalue weighted by molar-refractivity contribution is -0.123. The number of benzene rings is 1. The largest absolute Gasteiger partial charge is 0.482 e. The van der Waals surface area contributed by atoms with Crippen LogP contribution in [0.5, 0.6) is 5.75 Å². The maximum atomic E-state index is 12.4. The van der Waals surface area contributed by atoms with Crippen LogP contribution in [-0.4, -0.2) is 33.2 Å². The molecule has 0 unspecified atom stereocenters. The number of aromatic nitrogens is 3. The molecule has 2 aromatic heterocycles.